The summed E-state index contributed by atoms with van der Waals surface area (Å²) in [5.74, 6) is 1.50. The van der Waals surface area contributed by atoms with Crippen LogP contribution in [0.1, 0.15) is 55.3 Å². The zero-order valence-corrected chi connectivity index (χ0v) is 17.6. The van der Waals surface area contributed by atoms with Crippen molar-refractivity contribution in [2.24, 2.45) is 10.9 Å². The van der Waals surface area contributed by atoms with Gasteiger partial charge in [-0.15, -0.1) is 11.3 Å². The monoisotopic (exact) mass is 399 g/mol. The Kier molecular flexibility index (Phi) is 7.03. The van der Waals surface area contributed by atoms with Crippen LogP contribution in [0.5, 0.6) is 0 Å². The number of aliphatic imine (C=N–C) groups is 1. The summed E-state index contributed by atoms with van der Waals surface area (Å²) >= 11 is 1.66. The molecule has 0 aliphatic heterocycles. The number of benzene rings is 1. The molecule has 3 rings (SSSR count). The average molecular weight is 400 g/mol. The first-order chi connectivity index (χ1) is 13.5. The van der Waals surface area contributed by atoms with Crippen molar-refractivity contribution >= 4 is 28.9 Å². The third-order valence-electron chi connectivity index (χ3n) is 4.92. The number of carbonyl (C=O) groups excluding carboxylic acids is 1. The molecule has 1 fully saturated rings. The number of guanidine groups is 1. The molecule has 1 aliphatic carbocycles. The lowest BCUT2D eigenvalue weighted by Crippen LogP contribution is -2.36. The summed E-state index contributed by atoms with van der Waals surface area (Å²) in [6.07, 6.45) is 3.17. The van der Waals surface area contributed by atoms with Gasteiger partial charge in [0.1, 0.15) is 5.01 Å². The number of amides is 1. The molecular weight excluding hydrogens is 370 g/mol. The lowest BCUT2D eigenvalue weighted by atomic mass is 9.85. The average Bonchev–Trinajstić information content (AvgIpc) is 3.10. The molecule has 2 aromatic rings. The second kappa shape index (κ2) is 9.68. The maximum atomic E-state index is 12.1. The molecule has 1 aliphatic rings. The first kappa shape index (κ1) is 20.3. The second-order valence-electron chi connectivity index (χ2n) is 7.42. The molecule has 1 aromatic heterocycles. The number of hydrogen-bond acceptors (Lipinski definition) is 4. The van der Waals surface area contributed by atoms with Gasteiger partial charge in [0.25, 0.3) is 0 Å². The minimum absolute atomic E-state index is 0.137. The van der Waals surface area contributed by atoms with Gasteiger partial charge in [-0.2, -0.15) is 0 Å². The highest BCUT2D eigenvalue weighted by molar-refractivity contribution is 7.09. The van der Waals surface area contributed by atoms with E-state index in [2.05, 4.69) is 45.2 Å². The third-order valence-corrected chi connectivity index (χ3v) is 5.79. The Balaban J connectivity index is 1.48. The molecule has 1 saturated carbocycles. The van der Waals surface area contributed by atoms with E-state index >= 15 is 0 Å². The zero-order chi connectivity index (χ0) is 19.9. The highest BCUT2D eigenvalue weighted by atomic mass is 32.1. The summed E-state index contributed by atoms with van der Waals surface area (Å²) < 4.78 is 0. The lowest BCUT2D eigenvalue weighted by Gasteiger charge is -2.24. The maximum Gasteiger partial charge on any atom is 0.227 e. The van der Waals surface area contributed by atoms with Crippen molar-refractivity contribution in [2.75, 3.05) is 12.4 Å². The summed E-state index contributed by atoms with van der Waals surface area (Å²) in [4.78, 5) is 21.0. The molecule has 150 valence electrons. The van der Waals surface area contributed by atoms with Crippen molar-refractivity contribution in [2.45, 2.75) is 52.1 Å². The molecule has 7 heteroatoms. The number of rotatable bonds is 7. The van der Waals surface area contributed by atoms with Crippen molar-refractivity contribution in [1.29, 1.82) is 0 Å². The third kappa shape index (κ3) is 5.55. The fourth-order valence-electron chi connectivity index (χ4n) is 2.91. The van der Waals surface area contributed by atoms with Crippen LogP contribution in [0.2, 0.25) is 0 Å². The molecule has 0 saturated heterocycles. The Bertz CT molecular complexity index is 826. The van der Waals surface area contributed by atoms with Crippen LogP contribution in [0.15, 0.2) is 34.6 Å². The summed E-state index contributed by atoms with van der Waals surface area (Å²) in [6, 6.07) is 7.94. The molecule has 0 spiro atoms. The first-order valence-corrected chi connectivity index (χ1v) is 10.7. The Morgan fingerprint density at radius 2 is 2.07 bits per heavy atom. The number of carbonyl (C=O) groups is 1. The van der Waals surface area contributed by atoms with Crippen LogP contribution in [-0.4, -0.2) is 23.9 Å². The summed E-state index contributed by atoms with van der Waals surface area (Å²) in [7, 11) is 1.76. The largest absolute Gasteiger partial charge is 0.352 e. The maximum absolute atomic E-state index is 12.1. The van der Waals surface area contributed by atoms with E-state index in [9.17, 15) is 4.79 Å². The van der Waals surface area contributed by atoms with Crippen molar-refractivity contribution < 1.29 is 4.79 Å². The van der Waals surface area contributed by atoms with Crippen LogP contribution in [0, 0.1) is 5.92 Å². The highest BCUT2D eigenvalue weighted by Gasteiger charge is 2.25. The molecule has 0 unspecified atom stereocenters. The van der Waals surface area contributed by atoms with E-state index in [0.29, 0.717) is 19.0 Å². The van der Waals surface area contributed by atoms with Gasteiger partial charge in [0.05, 0.1) is 12.2 Å². The van der Waals surface area contributed by atoms with Crippen LogP contribution in [-0.2, 0) is 17.9 Å². The normalized spacial score (nSPS) is 14.6. The topological polar surface area (TPSA) is 78.4 Å². The van der Waals surface area contributed by atoms with Gasteiger partial charge in [-0.1, -0.05) is 32.4 Å². The number of nitrogens with zero attached hydrogens (tertiary/aromatic N) is 2. The molecule has 0 bridgehead atoms. The quantitative estimate of drug-likeness (QED) is 0.488. The van der Waals surface area contributed by atoms with Crippen molar-refractivity contribution in [3.63, 3.8) is 0 Å². The van der Waals surface area contributed by atoms with E-state index in [1.165, 1.54) is 0 Å². The highest BCUT2D eigenvalue weighted by Crippen LogP contribution is 2.27. The van der Waals surface area contributed by atoms with Crippen molar-refractivity contribution in [3.05, 3.63) is 45.9 Å². The fourth-order valence-corrected chi connectivity index (χ4v) is 3.81. The summed E-state index contributed by atoms with van der Waals surface area (Å²) in [5.41, 5.74) is 3.07. The zero-order valence-electron chi connectivity index (χ0n) is 16.8. The molecule has 28 heavy (non-hydrogen) atoms. The van der Waals surface area contributed by atoms with Crippen LogP contribution < -0.4 is 16.0 Å². The molecular formula is C21H29N5OS. The second-order valence-corrected chi connectivity index (χ2v) is 8.36. The van der Waals surface area contributed by atoms with E-state index in [-0.39, 0.29) is 11.8 Å². The van der Waals surface area contributed by atoms with Crippen molar-refractivity contribution in [3.8, 4) is 0 Å². The van der Waals surface area contributed by atoms with Gasteiger partial charge < -0.3 is 16.0 Å². The van der Waals surface area contributed by atoms with E-state index in [1.807, 2.05) is 24.3 Å². The molecule has 0 radical (unpaired) electrons. The van der Waals surface area contributed by atoms with Crippen molar-refractivity contribution in [1.82, 2.24) is 15.6 Å². The Hall–Kier alpha value is -2.41. The smallest absolute Gasteiger partial charge is 0.227 e. The minimum atomic E-state index is 0.137. The van der Waals surface area contributed by atoms with Gasteiger partial charge in [-0.3, -0.25) is 9.79 Å². The van der Waals surface area contributed by atoms with E-state index < -0.39 is 0 Å². The number of hydrogen-bond donors (Lipinski definition) is 3. The number of anilines is 1. The molecule has 1 aromatic carbocycles. The van der Waals surface area contributed by atoms with Gasteiger partial charge in [-0.05, 0) is 36.5 Å². The molecule has 0 atom stereocenters. The molecule has 1 amide bonds. The van der Waals surface area contributed by atoms with Crippen LogP contribution in [0.3, 0.4) is 0 Å². The van der Waals surface area contributed by atoms with Crippen LogP contribution >= 0.6 is 11.3 Å². The summed E-state index contributed by atoms with van der Waals surface area (Å²) in [5, 5.41) is 12.8. The summed E-state index contributed by atoms with van der Waals surface area (Å²) in [6.45, 7) is 5.57. The van der Waals surface area contributed by atoms with E-state index in [0.717, 1.165) is 47.2 Å². The van der Waals surface area contributed by atoms with Gasteiger partial charge in [0, 0.05) is 30.6 Å². The SMILES string of the molecule is CN=C(NCc1cccc(NC(=O)C2CCC2)c1)NCc1nc(C(C)C)cs1. The Morgan fingerprint density at radius 3 is 2.71 bits per heavy atom. The van der Waals surface area contributed by atoms with Crippen LogP contribution in [0.25, 0.3) is 0 Å². The predicted molar refractivity (Wildman–Crippen MR) is 116 cm³/mol. The van der Waals surface area contributed by atoms with Gasteiger partial charge in [0.2, 0.25) is 5.91 Å². The Labute approximate surface area is 170 Å². The fraction of sp³-hybridized carbons (Fsp3) is 0.476. The lowest BCUT2D eigenvalue weighted by molar-refractivity contribution is -0.122. The van der Waals surface area contributed by atoms with Gasteiger partial charge in [-0.25, -0.2) is 4.98 Å². The Morgan fingerprint density at radius 1 is 1.29 bits per heavy atom. The molecule has 1 heterocycles. The number of thiazole rings is 1. The number of nitrogens with one attached hydrogen (secondary N) is 3. The first-order valence-electron chi connectivity index (χ1n) is 9.83. The van der Waals surface area contributed by atoms with Crippen LogP contribution in [0.4, 0.5) is 5.69 Å². The molecule has 3 N–H and O–H groups in total. The molecule has 6 nitrogen and oxygen atoms in total. The van der Waals surface area contributed by atoms with Gasteiger partial charge >= 0.3 is 0 Å². The standard InChI is InChI=1S/C21H29N5OS/c1-14(2)18-13-28-19(26-18)12-24-21(22-3)23-11-15-6-4-9-17(10-15)25-20(27)16-7-5-8-16/h4,6,9-10,13-14,16H,5,7-8,11-12H2,1-3H3,(H,25,27)(H2,22,23,24). The minimum Gasteiger partial charge on any atom is -0.352 e. The predicted octanol–water partition coefficient (Wildman–Crippen LogP) is 3.87. The van der Waals surface area contributed by atoms with E-state index in [4.69, 9.17) is 0 Å². The van der Waals surface area contributed by atoms with E-state index in [1.54, 1.807) is 18.4 Å². The number of aromatic nitrogens is 1. The van der Waals surface area contributed by atoms with Gasteiger partial charge in [0.15, 0.2) is 5.96 Å².